The number of alkyl halides is 3. The van der Waals surface area contributed by atoms with Gasteiger partial charge in [-0.25, -0.2) is 4.98 Å². The van der Waals surface area contributed by atoms with Gasteiger partial charge in [0.15, 0.2) is 5.03 Å². The van der Waals surface area contributed by atoms with Gasteiger partial charge in [0.05, 0.1) is 16.8 Å². The van der Waals surface area contributed by atoms with E-state index in [0.29, 0.717) is 6.07 Å². The molecule has 0 aliphatic rings. The highest BCUT2D eigenvalue weighted by molar-refractivity contribution is 7.92. The van der Waals surface area contributed by atoms with Gasteiger partial charge in [-0.3, -0.25) is 4.72 Å². The minimum absolute atomic E-state index is 0.0764. The molecule has 5 nitrogen and oxygen atoms in total. The standard InChI is InChI=1S/C11H8Cl2F3N3O2S/c1-19-9(5-17-10(19)13)22(20,21)18-6-2-3-8(12)7(4-6)11(14,15)16/h2-5,18H,1H3. The molecule has 11 heteroatoms. The van der Waals surface area contributed by atoms with Crippen molar-refractivity contribution in [2.45, 2.75) is 11.2 Å². The Hall–Kier alpha value is -1.45. The summed E-state index contributed by atoms with van der Waals surface area (Å²) in [4.78, 5) is 3.60. The molecule has 0 saturated carbocycles. The van der Waals surface area contributed by atoms with Gasteiger partial charge in [0.1, 0.15) is 0 Å². The lowest BCUT2D eigenvalue weighted by atomic mass is 10.2. The van der Waals surface area contributed by atoms with Gasteiger partial charge in [0.2, 0.25) is 5.28 Å². The minimum atomic E-state index is -4.70. The molecule has 120 valence electrons. The number of nitrogens with zero attached hydrogens (tertiary/aromatic N) is 2. The van der Waals surface area contributed by atoms with Crippen LogP contribution >= 0.6 is 23.2 Å². The molecule has 0 amide bonds. The number of benzene rings is 1. The fraction of sp³-hybridized carbons (Fsp3) is 0.182. The maximum absolute atomic E-state index is 12.8. The molecule has 0 aliphatic heterocycles. The molecule has 0 saturated heterocycles. The first kappa shape index (κ1) is 16.9. The minimum Gasteiger partial charge on any atom is -0.307 e. The lowest BCUT2D eigenvalue weighted by molar-refractivity contribution is -0.137. The third kappa shape index (κ3) is 3.31. The van der Waals surface area contributed by atoms with Gasteiger partial charge in [-0.15, -0.1) is 0 Å². The number of imidazole rings is 1. The predicted octanol–water partition coefficient (Wildman–Crippen LogP) is 3.55. The number of halogens is 5. The van der Waals surface area contributed by atoms with E-state index in [1.807, 2.05) is 4.72 Å². The summed E-state index contributed by atoms with van der Waals surface area (Å²) < 4.78 is 65.6. The smallest absolute Gasteiger partial charge is 0.307 e. The van der Waals surface area contributed by atoms with Crippen LogP contribution in [0.3, 0.4) is 0 Å². The van der Waals surface area contributed by atoms with E-state index in [1.165, 1.54) is 7.05 Å². The average Bonchev–Trinajstić information content (AvgIpc) is 2.71. The number of rotatable bonds is 3. The zero-order valence-corrected chi connectivity index (χ0v) is 13.1. The molecule has 0 spiro atoms. The second-order valence-electron chi connectivity index (χ2n) is 4.22. The summed E-state index contributed by atoms with van der Waals surface area (Å²) in [5, 5.41) is -0.896. The summed E-state index contributed by atoms with van der Waals surface area (Å²) in [7, 11) is -2.79. The van der Waals surface area contributed by atoms with Crippen molar-refractivity contribution in [1.29, 1.82) is 0 Å². The average molecular weight is 374 g/mol. The maximum Gasteiger partial charge on any atom is 0.417 e. The first-order valence-corrected chi connectivity index (χ1v) is 7.83. The lowest BCUT2D eigenvalue weighted by Crippen LogP contribution is -2.17. The predicted molar refractivity (Wildman–Crippen MR) is 75.5 cm³/mol. The fourth-order valence-corrected chi connectivity index (χ4v) is 3.23. The Bertz CT molecular complexity index is 818. The van der Waals surface area contributed by atoms with E-state index in [0.717, 1.165) is 22.9 Å². The Morgan fingerprint density at radius 3 is 2.41 bits per heavy atom. The summed E-state index contributed by atoms with van der Waals surface area (Å²) in [6, 6.07) is 2.68. The molecular formula is C11H8Cl2F3N3O2S. The molecule has 22 heavy (non-hydrogen) atoms. The molecule has 1 aromatic heterocycles. The summed E-state index contributed by atoms with van der Waals surface area (Å²) in [6.07, 6.45) is -3.71. The van der Waals surface area contributed by atoms with Crippen molar-refractivity contribution < 1.29 is 21.6 Å². The van der Waals surface area contributed by atoms with Crippen LogP contribution in [0, 0.1) is 0 Å². The van der Waals surface area contributed by atoms with Crippen LogP contribution in [0.5, 0.6) is 0 Å². The number of aromatic nitrogens is 2. The van der Waals surface area contributed by atoms with Crippen LogP contribution in [0.2, 0.25) is 10.3 Å². The molecule has 1 heterocycles. The summed E-state index contributed by atoms with van der Waals surface area (Å²) in [6.45, 7) is 0. The monoisotopic (exact) mass is 373 g/mol. The highest BCUT2D eigenvalue weighted by Gasteiger charge is 2.33. The second-order valence-corrected chi connectivity index (χ2v) is 6.60. The van der Waals surface area contributed by atoms with Gasteiger partial charge in [0.25, 0.3) is 10.0 Å². The van der Waals surface area contributed by atoms with Gasteiger partial charge < -0.3 is 4.57 Å². The Morgan fingerprint density at radius 1 is 1.27 bits per heavy atom. The number of nitrogens with one attached hydrogen (secondary N) is 1. The van der Waals surface area contributed by atoms with Crippen molar-refractivity contribution in [2.24, 2.45) is 7.05 Å². The van der Waals surface area contributed by atoms with Gasteiger partial charge in [-0.2, -0.15) is 21.6 Å². The van der Waals surface area contributed by atoms with Crippen LogP contribution in [0.25, 0.3) is 0 Å². The van der Waals surface area contributed by atoms with Crippen LogP contribution < -0.4 is 4.72 Å². The van der Waals surface area contributed by atoms with E-state index in [-0.39, 0.29) is 16.0 Å². The molecule has 0 aliphatic carbocycles. The van der Waals surface area contributed by atoms with E-state index in [9.17, 15) is 21.6 Å². The Kier molecular flexibility index (Phi) is 4.33. The third-order valence-corrected chi connectivity index (χ3v) is 4.80. The van der Waals surface area contributed by atoms with Gasteiger partial charge in [-0.05, 0) is 29.8 Å². The van der Waals surface area contributed by atoms with E-state index in [4.69, 9.17) is 23.2 Å². The molecule has 0 unspecified atom stereocenters. The number of hydrogen-bond donors (Lipinski definition) is 1. The molecule has 2 aromatic rings. The first-order valence-electron chi connectivity index (χ1n) is 5.59. The van der Waals surface area contributed by atoms with Crippen LogP contribution in [0.15, 0.2) is 29.4 Å². The molecule has 0 bridgehead atoms. The highest BCUT2D eigenvalue weighted by atomic mass is 35.5. The molecule has 2 rings (SSSR count). The topological polar surface area (TPSA) is 64.0 Å². The Balaban J connectivity index is 2.41. The van der Waals surface area contributed by atoms with E-state index in [1.54, 1.807) is 0 Å². The molecule has 1 N–H and O–H groups in total. The van der Waals surface area contributed by atoms with Crippen molar-refractivity contribution in [3.63, 3.8) is 0 Å². The maximum atomic E-state index is 12.8. The van der Waals surface area contributed by atoms with Crippen LogP contribution in [-0.2, 0) is 23.2 Å². The summed E-state index contributed by atoms with van der Waals surface area (Å²) in [5.41, 5.74) is -1.42. The second kappa shape index (κ2) is 5.64. The molecule has 1 aromatic carbocycles. The normalized spacial score (nSPS) is 12.5. The highest BCUT2D eigenvalue weighted by Crippen LogP contribution is 2.36. The zero-order valence-electron chi connectivity index (χ0n) is 10.8. The van der Waals surface area contributed by atoms with Gasteiger partial charge >= 0.3 is 6.18 Å². The Morgan fingerprint density at radius 2 is 1.91 bits per heavy atom. The van der Waals surface area contributed by atoms with Gasteiger partial charge in [-0.1, -0.05) is 11.6 Å². The Labute approximate surface area is 133 Å². The number of anilines is 1. The molecule has 0 radical (unpaired) electrons. The van der Waals surface area contributed by atoms with Gasteiger partial charge in [0, 0.05) is 12.7 Å². The number of hydrogen-bond acceptors (Lipinski definition) is 3. The van der Waals surface area contributed by atoms with Crippen LogP contribution in [0.4, 0.5) is 18.9 Å². The molecular weight excluding hydrogens is 366 g/mol. The van der Waals surface area contributed by atoms with Crippen molar-refractivity contribution >= 4 is 38.9 Å². The fourth-order valence-electron chi connectivity index (χ4n) is 1.64. The van der Waals surface area contributed by atoms with Crippen molar-refractivity contribution in [2.75, 3.05) is 4.72 Å². The van der Waals surface area contributed by atoms with Crippen molar-refractivity contribution in [1.82, 2.24) is 9.55 Å². The van der Waals surface area contributed by atoms with Crippen LogP contribution in [0.1, 0.15) is 5.56 Å². The number of sulfonamides is 1. The van der Waals surface area contributed by atoms with Crippen LogP contribution in [-0.4, -0.2) is 18.0 Å². The molecule has 0 atom stereocenters. The lowest BCUT2D eigenvalue weighted by Gasteiger charge is -2.12. The SMILES string of the molecule is Cn1c(S(=O)(=O)Nc2ccc(Cl)c(C(F)(F)F)c2)cnc1Cl. The zero-order chi connectivity index (χ0) is 16.7. The molecule has 0 fully saturated rings. The third-order valence-electron chi connectivity index (χ3n) is 2.69. The van der Waals surface area contributed by atoms with Crippen molar-refractivity contribution in [3.8, 4) is 0 Å². The van der Waals surface area contributed by atoms with E-state index < -0.39 is 26.8 Å². The first-order chi connectivity index (χ1) is 10.0. The summed E-state index contributed by atoms with van der Waals surface area (Å²) in [5.74, 6) is 0. The largest absolute Gasteiger partial charge is 0.417 e. The van der Waals surface area contributed by atoms with Crippen molar-refractivity contribution in [3.05, 3.63) is 40.3 Å². The quantitative estimate of drug-likeness (QED) is 0.894. The van der Waals surface area contributed by atoms with E-state index in [2.05, 4.69) is 4.98 Å². The van der Waals surface area contributed by atoms with E-state index >= 15 is 0 Å². The summed E-state index contributed by atoms with van der Waals surface area (Å²) >= 11 is 11.1.